The molecule has 1 aliphatic rings. The van der Waals surface area contributed by atoms with Crippen LogP contribution < -0.4 is 10.1 Å². The Hall–Kier alpha value is -2.58. The Morgan fingerprint density at radius 1 is 1.34 bits per heavy atom. The third-order valence-electron chi connectivity index (χ3n) is 5.09. The Kier molecular flexibility index (Phi) is 5.47. The second-order valence-electron chi connectivity index (χ2n) is 7.04. The molecular weight excluding hydrogens is 436 g/mol. The Balaban J connectivity index is 1.90. The zero-order valence-corrected chi connectivity index (χ0v) is 18.2. The molecule has 0 atom stereocenters. The summed E-state index contributed by atoms with van der Waals surface area (Å²) >= 11 is 3.64. The van der Waals surface area contributed by atoms with E-state index in [1.165, 1.54) is 0 Å². The molecule has 1 aromatic carbocycles. The first kappa shape index (κ1) is 19.7. The summed E-state index contributed by atoms with van der Waals surface area (Å²) in [4.78, 5) is 19.1. The third kappa shape index (κ3) is 3.58. The maximum absolute atomic E-state index is 13.0. The first-order valence-electron chi connectivity index (χ1n) is 9.46. The van der Waals surface area contributed by atoms with Gasteiger partial charge in [0.15, 0.2) is 0 Å². The number of hydrogen-bond acceptors (Lipinski definition) is 6. The van der Waals surface area contributed by atoms with Gasteiger partial charge in [0.2, 0.25) is 0 Å². The lowest BCUT2D eigenvalue weighted by Crippen LogP contribution is -2.28. The number of fused-ring (bicyclic) bond motifs is 3. The average molecular weight is 459 g/mol. The van der Waals surface area contributed by atoms with E-state index in [1.54, 1.807) is 12.4 Å². The van der Waals surface area contributed by atoms with Crippen LogP contribution >= 0.6 is 15.9 Å². The number of hydrogen-bond donors (Lipinski definition) is 1. The maximum atomic E-state index is 13.0. The molecule has 0 spiro atoms. The van der Waals surface area contributed by atoms with Crippen LogP contribution in [0.25, 0.3) is 10.9 Å². The number of anilines is 1. The first-order chi connectivity index (χ1) is 14.0. The summed E-state index contributed by atoms with van der Waals surface area (Å²) in [5.74, 6) is 0.475. The van der Waals surface area contributed by atoms with E-state index in [2.05, 4.69) is 35.7 Å². The van der Waals surface area contributed by atoms with Gasteiger partial charge in [-0.2, -0.15) is 0 Å². The molecule has 0 saturated carbocycles. The molecule has 0 fully saturated rings. The Morgan fingerprint density at radius 3 is 2.83 bits per heavy atom. The van der Waals surface area contributed by atoms with E-state index in [9.17, 15) is 4.79 Å². The lowest BCUT2D eigenvalue weighted by molar-refractivity contribution is 0.0527. The number of pyridine rings is 1. The van der Waals surface area contributed by atoms with E-state index in [-0.39, 0.29) is 5.97 Å². The predicted octanol–water partition coefficient (Wildman–Crippen LogP) is 3.91. The van der Waals surface area contributed by atoms with Gasteiger partial charge >= 0.3 is 5.97 Å². The van der Waals surface area contributed by atoms with E-state index in [0.717, 1.165) is 38.1 Å². The smallest absolute Gasteiger partial charge is 0.340 e. The van der Waals surface area contributed by atoms with Crippen molar-refractivity contribution in [3.05, 3.63) is 51.9 Å². The van der Waals surface area contributed by atoms with Crippen LogP contribution in [0, 0.1) is 0 Å². The van der Waals surface area contributed by atoms with Crippen molar-refractivity contribution in [3.63, 3.8) is 0 Å². The Labute approximate surface area is 177 Å². The van der Waals surface area contributed by atoms with Crippen molar-refractivity contribution in [3.8, 4) is 5.75 Å². The summed E-state index contributed by atoms with van der Waals surface area (Å²) in [6.07, 6.45) is 3.47. The molecule has 0 saturated heterocycles. The fourth-order valence-electron chi connectivity index (χ4n) is 3.75. The molecule has 1 aliphatic heterocycles. The molecule has 3 aromatic rings. The van der Waals surface area contributed by atoms with Crippen LogP contribution in [-0.2, 0) is 24.9 Å². The van der Waals surface area contributed by atoms with Crippen molar-refractivity contribution < 1.29 is 14.3 Å². The summed E-state index contributed by atoms with van der Waals surface area (Å²) in [5.41, 5.74) is 4.35. The highest BCUT2D eigenvalue weighted by Crippen LogP contribution is 2.42. The topological polar surface area (TPSA) is 68.6 Å². The molecule has 3 heterocycles. The molecule has 29 heavy (non-hydrogen) atoms. The highest BCUT2D eigenvalue weighted by Gasteiger charge is 2.29. The number of carbonyl (C=O) groups is 1. The van der Waals surface area contributed by atoms with E-state index >= 15 is 0 Å². The van der Waals surface area contributed by atoms with Gasteiger partial charge in [0.05, 0.1) is 34.4 Å². The lowest BCUT2D eigenvalue weighted by Gasteiger charge is -2.27. The highest BCUT2D eigenvalue weighted by molar-refractivity contribution is 9.10. The van der Waals surface area contributed by atoms with Gasteiger partial charge in [0.1, 0.15) is 12.5 Å². The summed E-state index contributed by atoms with van der Waals surface area (Å²) in [6.45, 7) is 3.82. The third-order valence-corrected chi connectivity index (χ3v) is 5.68. The lowest BCUT2D eigenvalue weighted by atomic mass is 10.0. The van der Waals surface area contributed by atoms with Crippen LogP contribution in [0.3, 0.4) is 0 Å². The van der Waals surface area contributed by atoms with Gasteiger partial charge in [0, 0.05) is 42.6 Å². The fourth-order valence-corrected chi connectivity index (χ4v) is 4.32. The SMILES string of the molecule is CCOC(=O)c1c(CNc2ccncc2)n(C)c2cc(Br)c3c(c12)CN(C)CO3. The van der Waals surface area contributed by atoms with Gasteiger partial charge in [-0.15, -0.1) is 0 Å². The average Bonchev–Trinajstić information content (AvgIpc) is 2.99. The Morgan fingerprint density at radius 2 is 2.10 bits per heavy atom. The van der Waals surface area contributed by atoms with E-state index in [0.29, 0.717) is 32.0 Å². The predicted molar refractivity (Wildman–Crippen MR) is 115 cm³/mol. The fraction of sp³-hybridized carbons (Fsp3) is 0.333. The van der Waals surface area contributed by atoms with E-state index in [4.69, 9.17) is 9.47 Å². The van der Waals surface area contributed by atoms with Crippen LogP contribution in [-0.4, -0.2) is 40.8 Å². The number of aromatic nitrogens is 2. The first-order valence-corrected chi connectivity index (χ1v) is 10.3. The van der Waals surface area contributed by atoms with Crippen molar-refractivity contribution >= 4 is 38.5 Å². The molecule has 152 valence electrons. The number of carbonyl (C=O) groups excluding carboxylic acids is 1. The molecule has 8 heteroatoms. The van der Waals surface area contributed by atoms with Gasteiger partial charge in [-0.1, -0.05) is 0 Å². The van der Waals surface area contributed by atoms with Gasteiger partial charge < -0.3 is 19.4 Å². The maximum Gasteiger partial charge on any atom is 0.340 e. The van der Waals surface area contributed by atoms with Crippen molar-refractivity contribution in [1.82, 2.24) is 14.5 Å². The van der Waals surface area contributed by atoms with Crippen LogP contribution in [0.1, 0.15) is 28.5 Å². The van der Waals surface area contributed by atoms with Crippen LogP contribution in [0.4, 0.5) is 5.69 Å². The number of nitrogens with zero attached hydrogens (tertiary/aromatic N) is 3. The second kappa shape index (κ2) is 8.04. The normalized spacial score (nSPS) is 13.8. The summed E-state index contributed by atoms with van der Waals surface area (Å²) in [7, 11) is 3.97. The number of benzene rings is 1. The number of nitrogens with one attached hydrogen (secondary N) is 1. The van der Waals surface area contributed by atoms with Crippen LogP contribution in [0.15, 0.2) is 35.1 Å². The van der Waals surface area contributed by atoms with Crippen molar-refractivity contribution in [1.29, 1.82) is 0 Å². The zero-order valence-electron chi connectivity index (χ0n) is 16.7. The van der Waals surface area contributed by atoms with Crippen LogP contribution in [0.5, 0.6) is 5.75 Å². The number of halogens is 1. The van der Waals surface area contributed by atoms with E-state index < -0.39 is 0 Å². The molecule has 0 amide bonds. The van der Waals surface area contributed by atoms with Crippen LogP contribution in [0.2, 0.25) is 0 Å². The number of esters is 1. The number of aryl methyl sites for hydroxylation is 1. The molecule has 0 radical (unpaired) electrons. The summed E-state index contributed by atoms with van der Waals surface area (Å²) < 4.78 is 14.3. The quantitative estimate of drug-likeness (QED) is 0.584. The molecule has 2 aromatic heterocycles. The highest BCUT2D eigenvalue weighted by atomic mass is 79.9. The number of rotatable bonds is 5. The molecular formula is C21H23BrN4O3. The molecule has 1 N–H and O–H groups in total. The Bertz CT molecular complexity index is 1070. The van der Waals surface area contributed by atoms with Gasteiger partial charge in [-0.25, -0.2) is 4.79 Å². The second-order valence-corrected chi connectivity index (χ2v) is 7.89. The van der Waals surface area contributed by atoms with Gasteiger partial charge in [-0.3, -0.25) is 9.88 Å². The van der Waals surface area contributed by atoms with Crippen molar-refractivity contribution in [2.24, 2.45) is 7.05 Å². The largest absolute Gasteiger partial charge is 0.477 e. The minimum atomic E-state index is -0.317. The molecule has 4 rings (SSSR count). The van der Waals surface area contributed by atoms with Gasteiger partial charge in [0.25, 0.3) is 0 Å². The molecule has 7 nitrogen and oxygen atoms in total. The molecule has 0 aliphatic carbocycles. The number of ether oxygens (including phenoxy) is 2. The molecule has 0 bridgehead atoms. The van der Waals surface area contributed by atoms with E-state index in [1.807, 2.05) is 39.2 Å². The minimum absolute atomic E-state index is 0.317. The summed E-state index contributed by atoms with van der Waals surface area (Å²) in [5, 5.41) is 4.27. The minimum Gasteiger partial charge on any atom is -0.477 e. The van der Waals surface area contributed by atoms with Gasteiger partial charge in [-0.05, 0) is 48.1 Å². The standard InChI is InChI=1S/C21H23BrN4O3/c1-4-28-21(27)19-17(10-24-13-5-7-23-8-6-13)26(3)16-9-15(22)20-14(18(16)19)11-25(2)12-29-20/h5-9H,4,10-12H2,1-3H3,(H,23,24). The monoisotopic (exact) mass is 458 g/mol. The zero-order chi connectivity index (χ0) is 20.5. The molecule has 0 unspecified atom stereocenters. The summed E-state index contributed by atoms with van der Waals surface area (Å²) in [6, 6.07) is 5.81. The van der Waals surface area contributed by atoms with Crippen molar-refractivity contribution in [2.75, 3.05) is 25.7 Å². The van der Waals surface area contributed by atoms with Crippen molar-refractivity contribution in [2.45, 2.75) is 20.0 Å².